The van der Waals surface area contributed by atoms with Crippen LogP contribution in [0.25, 0.3) is 21.8 Å². The number of nitrogens with zero attached hydrogens (tertiary/aromatic N) is 3. The summed E-state index contributed by atoms with van der Waals surface area (Å²) in [6.45, 7) is 1.35. The molecule has 0 saturated carbocycles. The molecule has 13 heteroatoms. The van der Waals surface area contributed by atoms with Gasteiger partial charge in [-0.2, -0.15) is 5.10 Å². The zero-order valence-corrected chi connectivity index (χ0v) is 29.1. The summed E-state index contributed by atoms with van der Waals surface area (Å²) < 4.78 is 0. The molecule has 0 aliphatic carbocycles. The number of aryl methyl sites for hydroxylation is 1. The van der Waals surface area contributed by atoms with Crippen LogP contribution >= 0.6 is 11.6 Å². The van der Waals surface area contributed by atoms with Crippen LogP contribution in [0.15, 0.2) is 72.9 Å². The van der Waals surface area contributed by atoms with E-state index in [4.69, 9.17) is 17.3 Å². The number of fused-ring (bicyclic) bond motifs is 3. The van der Waals surface area contributed by atoms with Crippen molar-refractivity contribution in [2.75, 3.05) is 39.0 Å². The number of likely N-dealkylation sites (N-methyl/N-ethyl adjacent to an activating group) is 1. The number of anilines is 1. The number of nitrogen functional groups attached to an aromatic ring is 1. The van der Waals surface area contributed by atoms with E-state index in [-0.39, 0.29) is 48.4 Å². The van der Waals surface area contributed by atoms with E-state index in [1.807, 2.05) is 48.7 Å². The maximum Gasteiger partial charge on any atom is 0.253 e. The molecule has 2 aromatic heterocycles. The van der Waals surface area contributed by atoms with Crippen LogP contribution < -0.4 is 16.4 Å². The second kappa shape index (κ2) is 14.5. The zero-order valence-electron chi connectivity index (χ0n) is 28.3. The molecule has 51 heavy (non-hydrogen) atoms. The van der Waals surface area contributed by atoms with E-state index >= 15 is 0 Å². The van der Waals surface area contributed by atoms with Gasteiger partial charge in [-0.05, 0) is 72.6 Å². The minimum Gasteiger partial charge on any atom is -0.382 e. The molecule has 6 N–H and O–H groups in total. The Labute approximate surface area is 300 Å². The number of benzene rings is 3. The molecule has 0 bridgehead atoms. The van der Waals surface area contributed by atoms with Crippen LogP contribution in [0.5, 0.6) is 0 Å². The number of piperidine rings is 1. The molecule has 7 rings (SSSR count). The van der Waals surface area contributed by atoms with Crippen LogP contribution in [0.4, 0.5) is 5.82 Å². The van der Waals surface area contributed by atoms with Gasteiger partial charge in [0.05, 0.1) is 17.9 Å². The normalized spacial score (nSPS) is 19.2. The average molecular weight is 709 g/mol. The van der Waals surface area contributed by atoms with E-state index in [1.165, 1.54) is 0 Å². The quantitative estimate of drug-likeness (QED) is 0.147. The van der Waals surface area contributed by atoms with Crippen molar-refractivity contribution in [3.63, 3.8) is 0 Å². The first kappa shape index (κ1) is 34.1. The van der Waals surface area contributed by atoms with Gasteiger partial charge < -0.3 is 31.2 Å². The zero-order chi connectivity index (χ0) is 35.6. The first-order chi connectivity index (χ1) is 24.7. The SMILES string of the molecule is CNC(=O)[C@H](CCCc1ccccc1)NC(=O)C1CN(C(=O)Cc2c[nH]c3cc(Cl)ccc23)CC2CN(C(=O)c3ccc4c(N)n[nH]c4c3)CC21. The number of halogens is 1. The Morgan fingerprint density at radius 1 is 0.961 bits per heavy atom. The molecule has 4 heterocycles. The molecule has 3 aromatic carbocycles. The Balaban J connectivity index is 1.11. The standard InChI is InChI=1S/C38H41ClN8O4/c1-41-37(50)31(9-5-8-22-6-3-2-4-7-22)43-36(49)30-21-46(34(48)15-24-17-42-32-16-26(39)11-13-27(24)32)18-25-19-47(20-29(25)30)38(51)23-10-12-28-33(14-23)44-45-35(28)40/h2-4,6-7,10-14,16-17,25,29-31,42H,5,8-9,15,18-21H2,1H3,(H,41,50)(H,43,49)(H3,40,44,45)/t25?,29?,30?,31-/m0/s1. The van der Waals surface area contributed by atoms with E-state index in [1.54, 1.807) is 41.1 Å². The highest BCUT2D eigenvalue weighted by atomic mass is 35.5. The molecule has 0 spiro atoms. The smallest absolute Gasteiger partial charge is 0.253 e. The minimum absolute atomic E-state index is 0.111. The van der Waals surface area contributed by atoms with Crippen molar-refractivity contribution >= 4 is 62.9 Å². The van der Waals surface area contributed by atoms with Gasteiger partial charge in [-0.25, -0.2) is 0 Å². The molecule has 264 valence electrons. The Kier molecular flexibility index (Phi) is 9.68. The number of hydrogen-bond acceptors (Lipinski definition) is 6. The van der Waals surface area contributed by atoms with E-state index in [0.29, 0.717) is 54.4 Å². The highest BCUT2D eigenvalue weighted by molar-refractivity contribution is 6.31. The van der Waals surface area contributed by atoms with E-state index in [0.717, 1.165) is 33.8 Å². The molecule has 4 amide bonds. The summed E-state index contributed by atoms with van der Waals surface area (Å²) in [4.78, 5) is 61.7. The fraction of sp³-hybridized carbons (Fsp3) is 0.342. The maximum atomic E-state index is 14.2. The van der Waals surface area contributed by atoms with Gasteiger partial charge in [0.1, 0.15) is 6.04 Å². The number of carbonyl (C=O) groups excluding carboxylic acids is 4. The third-order valence-corrected chi connectivity index (χ3v) is 10.7. The summed E-state index contributed by atoms with van der Waals surface area (Å²) in [7, 11) is 1.56. The summed E-state index contributed by atoms with van der Waals surface area (Å²) in [6.07, 6.45) is 3.89. The molecule has 2 aliphatic rings. The van der Waals surface area contributed by atoms with Crippen LogP contribution in [0.3, 0.4) is 0 Å². The lowest BCUT2D eigenvalue weighted by molar-refractivity contribution is -0.140. The van der Waals surface area contributed by atoms with Gasteiger partial charge in [-0.15, -0.1) is 0 Å². The Bertz CT molecular complexity index is 2100. The fourth-order valence-electron chi connectivity index (χ4n) is 7.74. The number of H-pyrrole nitrogens is 2. The van der Waals surface area contributed by atoms with Crippen molar-refractivity contribution in [2.45, 2.75) is 31.7 Å². The predicted molar refractivity (Wildman–Crippen MR) is 196 cm³/mol. The molecule has 2 saturated heterocycles. The monoisotopic (exact) mass is 708 g/mol. The van der Waals surface area contributed by atoms with Gasteiger partial charge in [0.25, 0.3) is 5.91 Å². The van der Waals surface area contributed by atoms with Crippen LogP contribution in [-0.2, 0) is 27.2 Å². The number of aromatic amines is 2. The maximum absolute atomic E-state index is 14.2. The van der Waals surface area contributed by atoms with Crippen molar-refractivity contribution in [3.05, 3.63) is 94.6 Å². The van der Waals surface area contributed by atoms with Gasteiger partial charge >= 0.3 is 0 Å². The number of likely N-dealkylation sites (tertiary alicyclic amines) is 2. The molecule has 4 atom stereocenters. The number of aromatic nitrogens is 3. The summed E-state index contributed by atoms with van der Waals surface area (Å²) >= 11 is 6.18. The Hall–Kier alpha value is -5.36. The van der Waals surface area contributed by atoms with Crippen LogP contribution in [0.1, 0.15) is 34.3 Å². The lowest BCUT2D eigenvalue weighted by Gasteiger charge is -2.40. The largest absolute Gasteiger partial charge is 0.382 e. The topological polar surface area (TPSA) is 169 Å². The molecule has 2 fully saturated rings. The Morgan fingerprint density at radius 2 is 1.75 bits per heavy atom. The second-order valence-corrected chi connectivity index (χ2v) is 14.1. The lowest BCUT2D eigenvalue weighted by atomic mass is 9.79. The first-order valence-corrected chi connectivity index (χ1v) is 17.7. The summed E-state index contributed by atoms with van der Waals surface area (Å²) in [5.41, 5.74) is 9.92. The van der Waals surface area contributed by atoms with Crippen molar-refractivity contribution in [3.8, 4) is 0 Å². The van der Waals surface area contributed by atoms with Crippen LogP contribution in [0.2, 0.25) is 5.02 Å². The van der Waals surface area contributed by atoms with Gasteiger partial charge in [-0.3, -0.25) is 24.3 Å². The van der Waals surface area contributed by atoms with Crippen molar-refractivity contribution in [1.29, 1.82) is 0 Å². The number of carbonyl (C=O) groups is 4. The number of nitrogens with one attached hydrogen (secondary N) is 4. The molecule has 0 radical (unpaired) electrons. The van der Waals surface area contributed by atoms with Crippen LogP contribution in [-0.4, -0.2) is 87.9 Å². The van der Waals surface area contributed by atoms with Crippen LogP contribution in [0, 0.1) is 17.8 Å². The van der Waals surface area contributed by atoms with E-state index < -0.39 is 12.0 Å². The number of amides is 4. The molecule has 2 aliphatic heterocycles. The summed E-state index contributed by atoms with van der Waals surface area (Å²) in [5, 5.41) is 14.9. The summed E-state index contributed by atoms with van der Waals surface area (Å²) in [5.74, 6) is -1.43. The highest BCUT2D eigenvalue weighted by Gasteiger charge is 2.48. The van der Waals surface area contributed by atoms with Gasteiger partial charge in [-0.1, -0.05) is 48.0 Å². The molecular weight excluding hydrogens is 668 g/mol. The molecular formula is C38H41ClN8O4. The van der Waals surface area contributed by atoms with Crippen molar-refractivity contribution < 1.29 is 19.2 Å². The fourth-order valence-corrected chi connectivity index (χ4v) is 7.91. The van der Waals surface area contributed by atoms with Gasteiger partial charge in [0.2, 0.25) is 17.7 Å². The van der Waals surface area contributed by atoms with Gasteiger partial charge in [0, 0.05) is 66.3 Å². The van der Waals surface area contributed by atoms with E-state index in [2.05, 4.69) is 25.8 Å². The van der Waals surface area contributed by atoms with Crippen molar-refractivity contribution in [1.82, 2.24) is 35.6 Å². The van der Waals surface area contributed by atoms with Gasteiger partial charge in [0.15, 0.2) is 5.82 Å². The number of rotatable bonds is 10. The third kappa shape index (κ3) is 7.14. The highest BCUT2D eigenvalue weighted by Crippen LogP contribution is 2.37. The molecule has 5 aromatic rings. The first-order valence-electron chi connectivity index (χ1n) is 17.3. The molecule has 12 nitrogen and oxygen atoms in total. The van der Waals surface area contributed by atoms with E-state index in [9.17, 15) is 19.2 Å². The average Bonchev–Trinajstić information content (AvgIpc) is 3.86. The lowest BCUT2D eigenvalue weighted by Crippen LogP contribution is -2.56. The Morgan fingerprint density at radius 3 is 2.55 bits per heavy atom. The second-order valence-electron chi connectivity index (χ2n) is 13.6. The third-order valence-electron chi connectivity index (χ3n) is 10.4. The predicted octanol–water partition coefficient (Wildman–Crippen LogP) is 3.92. The van der Waals surface area contributed by atoms with Crippen molar-refractivity contribution in [2.24, 2.45) is 17.8 Å². The number of hydrogen-bond donors (Lipinski definition) is 5. The molecule has 3 unspecified atom stereocenters. The minimum atomic E-state index is -0.735. The summed E-state index contributed by atoms with van der Waals surface area (Å²) in [6, 6.07) is 20.0. The number of nitrogens with two attached hydrogens (primary N) is 1.